The number of nitrogens with zero attached hydrogens (tertiary/aromatic N) is 1. The molecule has 4 heteroatoms. The fraction of sp³-hybridized carbons (Fsp3) is 0.267. The summed E-state index contributed by atoms with van der Waals surface area (Å²) in [5.74, 6) is 1.50. The monoisotopic (exact) mass is 258 g/mol. The topological polar surface area (TPSA) is 59.5 Å². The lowest BCUT2D eigenvalue weighted by molar-refractivity contribution is 0.0776. The van der Waals surface area contributed by atoms with Gasteiger partial charge in [0.05, 0.1) is 12.1 Å². The van der Waals surface area contributed by atoms with Crippen LogP contribution in [0.4, 0.5) is 5.69 Å². The van der Waals surface area contributed by atoms with Gasteiger partial charge < -0.3 is 15.1 Å². The first-order chi connectivity index (χ1) is 8.97. The predicted octanol–water partition coefficient (Wildman–Crippen LogP) is 2.75. The molecule has 1 aromatic carbocycles. The van der Waals surface area contributed by atoms with Gasteiger partial charge in [0.2, 0.25) is 0 Å². The van der Waals surface area contributed by atoms with Gasteiger partial charge >= 0.3 is 0 Å². The van der Waals surface area contributed by atoms with Crippen molar-refractivity contribution in [2.75, 3.05) is 12.8 Å². The van der Waals surface area contributed by atoms with Crippen molar-refractivity contribution >= 4 is 11.6 Å². The second-order valence-corrected chi connectivity index (χ2v) is 4.76. The van der Waals surface area contributed by atoms with E-state index < -0.39 is 0 Å². The van der Waals surface area contributed by atoms with Crippen LogP contribution in [0.5, 0.6) is 0 Å². The molecule has 1 amide bonds. The molecule has 2 aromatic rings. The van der Waals surface area contributed by atoms with Gasteiger partial charge in [-0.25, -0.2) is 0 Å². The van der Waals surface area contributed by atoms with Gasteiger partial charge in [-0.05, 0) is 38.1 Å². The summed E-state index contributed by atoms with van der Waals surface area (Å²) in [4.78, 5) is 13.9. The van der Waals surface area contributed by atoms with Crippen LogP contribution in [0.3, 0.4) is 0 Å². The third kappa shape index (κ3) is 2.96. The lowest BCUT2D eigenvalue weighted by Crippen LogP contribution is -2.26. The van der Waals surface area contributed by atoms with Crippen molar-refractivity contribution in [1.29, 1.82) is 0 Å². The molecule has 0 unspecified atom stereocenters. The number of furan rings is 1. The highest BCUT2D eigenvalue weighted by Gasteiger charge is 2.16. The van der Waals surface area contributed by atoms with E-state index in [0.717, 1.165) is 17.1 Å². The summed E-state index contributed by atoms with van der Waals surface area (Å²) >= 11 is 0. The van der Waals surface area contributed by atoms with Crippen LogP contribution in [0, 0.1) is 13.8 Å². The third-order valence-corrected chi connectivity index (χ3v) is 2.97. The molecule has 0 radical (unpaired) electrons. The van der Waals surface area contributed by atoms with Crippen molar-refractivity contribution in [2.45, 2.75) is 20.4 Å². The number of benzene rings is 1. The minimum absolute atomic E-state index is 0.102. The number of anilines is 1. The van der Waals surface area contributed by atoms with Gasteiger partial charge in [-0.15, -0.1) is 0 Å². The summed E-state index contributed by atoms with van der Waals surface area (Å²) in [6.07, 6.45) is 0. The molecule has 2 N–H and O–H groups in total. The number of aryl methyl sites for hydroxylation is 2. The summed E-state index contributed by atoms with van der Waals surface area (Å²) in [5, 5.41) is 0. The summed E-state index contributed by atoms with van der Waals surface area (Å²) in [5.41, 5.74) is 7.90. The van der Waals surface area contributed by atoms with Gasteiger partial charge in [0.25, 0.3) is 5.91 Å². The van der Waals surface area contributed by atoms with E-state index in [1.54, 1.807) is 18.0 Å². The van der Waals surface area contributed by atoms with E-state index in [9.17, 15) is 4.79 Å². The van der Waals surface area contributed by atoms with E-state index in [1.165, 1.54) is 0 Å². The van der Waals surface area contributed by atoms with E-state index >= 15 is 0 Å². The van der Waals surface area contributed by atoms with Crippen molar-refractivity contribution in [1.82, 2.24) is 4.90 Å². The number of rotatable bonds is 3. The SMILES string of the molecule is Cc1ccc(N)c(C(=O)N(C)Cc2ccc(C)o2)c1. The molecule has 0 aliphatic carbocycles. The van der Waals surface area contributed by atoms with Crippen molar-refractivity contribution in [3.8, 4) is 0 Å². The highest BCUT2D eigenvalue weighted by molar-refractivity contribution is 5.99. The highest BCUT2D eigenvalue weighted by atomic mass is 16.3. The van der Waals surface area contributed by atoms with Crippen LogP contribution < -0.4 is 5.73 Å². The normalized spacial score (nSPS) is 10.5. The van der Waals surface area contributed by atoms with Crippen LogP contribution in [0.25, 0.3) is 0 Å². The van der Waals surface area contributed by atoms with Gasteiger partial charge in [-0.2, -0.15) is 0 Å². The van der Waals surface area contributed by atoms with Crippen molar-refractivity contribution in [3.63, 3.8) is 0 Å². The van der Waals surface area contributed by atoms with Gasteiger partial charge in [0.15, 0.2) is 0 Å². The number of nitrogens with two attached hydrogens (primary N) is 1. The zero-order valence-electron chi connectivity index (χ0n) is 11.4. The van der Waals surface area contributed by atoms with Crippen molar-refractivity contribution < 1.29 is 9.21 Å². The Morgan fingerprint density at radius 3 is 2.63 bits per heavy atom. The molecule has 0 bridgehead atoms. The van der Waals surface area contributed by atoms with Crippen LogP contribution in [0.15, 0.2) is 34.7 Å². The standard InChI is InChI=1S/C15H18N2O2/c1-10-4-7-14(16)13(8-10)15(18)17(3)9-12-6-5-11(2)19-12/h4-8H,9,16H2,1-3H3. The zero-order chi connectivity index (χ0) is 14.0. The number of hydrogen-bond acceptors (Lipinski definition) is 3. The molecular weight excluding hydrogens is 240 g/mol. The Morgan fingerprint density at radius 2 is 2.00 bits per heavy atom. The Bertz CT molecular complexity index is 602. The Morgan fingerprint density at radius 1 is 1.26 bits per heavy atom. The van der Waals surface area contributed by atoms with Crippen LogP contribution >= 0.6 is 0 Å². The Kier molecular flexibility index (Phi) is 3.60. The lowest BCUT2D eigenvalue weighted by atomic mass is 10.1. The van der Waals surface area contributed by atoms with E-state index in [-0.39, 0.29) is 5.91 Å². The molecule has 0 fully saturated rings. The Labute approximate surface area is 112 Å². The average Bonchev–Trinajstić information content (AvgIpc) is 2.77. The van der Waals surface area contributed by atoms with Crippen molar-refractivity contribution in [3.05, 3.63) is 53.0 Å². The molecule has 1 aromatic heterocycles. The van der Waals surface area contributed by atoms with Gasteiger partial charge in [-0.1, -0.05) is 11.6 Å². The van der Waals surface area contributed by atoms with Crippen LogP contribution in [0.2, 0.25) is 0 Å². The molecule has 100 valence electrons. The van der Waals surface area contributed by atoms with Gasteiger partial charge in [0, 0.05) is 12.7 Å². The summed E-state index contributed by atoms with van der Waals surface area (Å²) in [7, 11) is 1.74. The number of nitrogen functional groups attached to an aromatic ring is 1. The fourth-order valence-corrected chi connectivity index (χ4v) is 1.94. The Hall–Kier alpha value is -2.23. The maximum Gasteiger partial charge on any atom is 0.256 e. The first kappa shape index (κ1) is 13.2. The molecule has 0 saturated heterocycles. The molecule has 1 heterocycles. The van der Waals surface area contributed by atoms with Crippen molar-refractivity contribution in [2.24, 2.45) is 0 Å². The Balaban J connectivity index is 2.16. The number of carbonyl (C=O) groups is 1. The molecule has 0 spiro atoms. The quantitative estimate of drug-likeness (QED) is 0.861. The van der Waals surface area contributed by atoms with E-state index in [0.29, 0.717) is 17.8 Å². The molecule has 19 heavy (non-hydrogen) atoms. The number of carbonyl (C=O) groups excluding carboxylic acids is 1. The smallest absolute Gasteiger partial charge is 0.256 e. The molecule has 4 nitrogen and oxygen atoms in total. The van der Waals surface area contributed by atoms with Crippen LogP contribution in [-0.4, -0.2) is 17.9 Å². The second-order valence-electron chi connectivity index (χ2n) is 4.76. The lowest BCUT2D eigenvalue weighted by Gasteiger charge is -2.17. The molecule has 0 atom stereocenters. The minimum Gasteiger partial charge on any atom is -0.464 e. The zero-order valence-corrected chi connectivity index (χ0v) is 11.4. The first-order valence-corrected chi connectivity index (χ1v) is 6.14. The van der Waals surface area contributed by atoms with E-state index in [2.05, 4.69) is 0 Å². The summed E-state index contributed by atoms with van der Waals surface area (Å²) in [6.45, 7) is 4.25. The molecular formula is C15H18N2O2. The summed E-state index contributed by atoms with van der Waals surface area (Å²) in [6, 6.07) is 9.21. The van der Waals surface area contributed by atoms with Crippen LogP contribution in [0.1, 0.15) is 27.4 Å². The number of amides is 1. The van der Waals surface area contributed by atoms with E-state index in [1.807, 2.05) is 38.1 Å². The third-order valence-electron chi connectivity index (χ3n) is 2.97. The van der Waals surface area contributed by atoms with Crippen LogP contribution in [-0.2, 0) is 6.54 Å². The predicted molar refractivity (Wildman–Crippen MR) is 74.8 cm³/mol. The highest BCUT2D eigenvalue weighted by Crippen LogP contribution is 2.17. The van der Waals surface area contributed by atoms with E-state index in [4.69, 9.17) is 10.2 Å². The maximum atomic E-state index is 12.3. The fourth-order valence-electron chi connectivity index (χ4n) is 1.94. The first-order valence-electron chi connectivity index (χ1n) is 6.14. The number of hydrogen-bond donors (Lipinski definition) is 1. The largest absolute Gasteiger partial charge is 0.464 e. The summed E-state index contributed by atoms with van der Waals surface area (Å²) < 4.78 is 5.47. The van der Waals surface area contributed by atoms with Gasteiger partial charge in [-0.3, -0.25) is 4.79 Å². The molecule has 2 rings (SSSR count). The molecule has 0 aliphatic heterocycles. The second kappa shape index (κ2) is 5.18. The minimum atomic E-state index is -0.102. The van der Waals surface area contributed by atoms with Gasteiger partial charge in [0.1, 0.15) is 11.5 Å². The molecule has 0 aliphatic rings. The molecule has 0 saturated carbocycles. The maximum absolute atomic E-state index is 12.3. The average molecular weight is 258 g/mol.